The molecule has 114 valence electrons. The fraction of sp³-hybridized carbons (Fsp3) is 0.571. The Morgan fingerprint density at radius 1 is 1.67 bits per heavy atom. The van der Waals surface area contributed by atoms with Crippen LogP contribution in [0.4, 0.5) is 0 Å². The van der Waals surface area contributed by atoms with E-state index in [1.165, 1.54) is 0 Å². The Hall–Kier alpha value is -1.18. The number of pyridine rings is 1. The number of aliphatic hydroxyl groups is 2. The van der Waals surface area contributed by atoms with Gasteiger partial charge < -0.3 is 20.7 Å². The third-order valence-electron chi connectivity index (χ3n) is 4.51. The van der Waals surface area contributed by atoms with Gasteiger partial charge in [-0.2, -0.15) is 0 Å². The lowest BCUT2D eigenvalue weighted by molar-refractivity contribution is -0.123. The van der Waals surface area contributed by atoms with Crippen molar-refractivity contribution in [2.24, 2.45) is 11.7 Å². The van der Waals surface area contributed by atoms with E-state index in [0.29, 0.717) is 21.6 Å². The lowest BCUT2D eigenvalue weighted by atomic mass is 9.82. The van der Waals surface area contributed by atoms with Crippen LogP contribution in [0.25, 0.3) is 0 Å². The van der Waals surface area contributed by atoms with Gasteiger partial charge in [0.1, 0.15) is 22.2 Å². The average molecular weight is 357 g/mol. The van der Waals surface area contributed by atoms with E-state index in [9.17, 15) is 15.0 Å². The number of primary amides is 1. The zero-order valence-electron chi connectivity index (χ0n) is 11.6. The van der Waals surface area contributed by atoms with E-state index in [1.54, 1.807) is 13.0 Å². The standard InChI is InChI=1S/C14H17BrN2O4/c1-13(12(16)19)6-21-10-8(13)4-9(17-11(10)15)14(20,5-18)7-2-3-7/h4,7,18,20H,2-3,5-6H2,1H3,(H2,16,19)/t13-,14?/m0/s1. The highest BCUT2D eigenvalue weighted by atomic mass is 79.9. The van der Waals surface area contributed by atoms with E-state index < -0.39 is 23.5 Å². The van der Waals surface area contributed by atoms with Crippen LogP contribution in [0.1, 0.15) is 31.0 Å². The van der Waals surface area contributed by atoms with Gasteiger partial charge in [-0.05, 0) is 47.7 Å². The summed E-state index contributed by atoms with van der Waals surface area (Å²) in [5.74, 6) is -0.0393. The molecule has 0 spiro atoms. The number of fused-ring (bicyclic) bond motifs is 1. The minimum atomic E-state index is -1.39. The predicted molar refractivity (Wildman–Crippen MR) is 77.7 cm³/mol. The molecule has 1 unspecified atom stereocenters. The third kappa shape index (κ3) is 2.06. The van der Waals surface area contributed by atoms with Gasteiger partial charge in [-0.1, -0.05) is 0 Å². The summed E-state index contributed by atoms with van der Waals surface area (Å²) in [7, 11) is 0. The van der Waals surface area contributed by atoms with Crippen LogP contribution in [0.5, 0.6) is 5.75 Å². The highest BCUT2D eigenvalue weighted by Gasteiger charge is 2.49. The van der Waals surface area contributed by atoms with Gasteiger partial charge in [-0.3, -0.25) is 4.79 Å². The van der Waals surface area contributed by atoms with E-state index in [2.05, 4.69) is 20.9 Å². The summed E-state index contributed by atoms with van der Waals surface area (Å²) in [5.41, 5.74) is 4.08. The second-order valence-corrected chi connectivity index (χ2v) is 6.77. The Bertz CT molecular complexity index is 619. The maximum atomic E-state index is 11.8. The van der Waals surface area contributed by atoms with Crippen molar-refractivity contribution in [2.75, 3.05) is 13.2 Å². The molecule has 2 aliphatic rings. The molecule has 1 amide bonds. The summed E-state index contributed by atoms with van der Waals surface area (Å²) in [4.78, 5) is 16.1. The zero-order chi connectivity index (χ0) is 15.4. The maximum Gasteiger partial charge on any atom is 0.231 e. The Morgan fingerprint density at radius 3 is 2.86 bits per heavy atom. The summed E-state index contributed by atoms with van der Waals surface area (Å²) >= 11 is 3.31. The summed E-state index contributed by atoms with van der Waals surface area (Å²) in [5, 5.41) is 20.3. The Balaban J connectivity index is 2.15. The molecule has 1 aliphatic carbocycles. The first-order valence-corrected chi connectivity index (χ1v) is 7.59. The summed E-state index contributed by atoms with van der Waals surface area (Å²) < 4.78 is 5.94. The number of carbonyl (C=O) groups is 1. The van der Waals surface area contributed by atoms with Crippen LogP contribution in [0, 0.1) is 5.92 Å². The maximum absolute atomic E-state index is 11.8. The average Bonchev–Trinajstić information content (AvgIpc) is 3.24. The van der Waals surface area contributed by atoms with Gasteiger partial charge in [0.25, 0.3) is 0 Å². The minimum Gasteiger partial charge on any atom is -0.489 e. The predicted octanol–water partition coefficient (Wildman–Crippen LogP) is 0.569. The number of nitrogens with two attached hydrogens (primary N) is 1. The van der Waals surface area contributed by atoms with Crippen molar-refractivity contribution in [3.8, 4) is 5.75 Å². The zero-order valence-corrected chi connectivity index (χ0v) is 13.2. The minimum absolute atomic E-state index is 0.0119. The van der Waals surface area contributed by atoms with Gasteiger partial charge in [0.05, 0.1) is 12.3 Å². The van der Waals surface area contributed by atoms with Crippen LogP contribution in [0.3, 0.4) is 0 Å². The molecule has 0 radical (unpaired) electrons. The van der Waals surface area contributed by atoms with E-state index in [1.807, 2.05) is 0 Å². The lowest BCUT2D eigenvalue weighted by Crippen LogP contribution is -2.40. The monoisotopic (exact) mass is 356 g/mol. The molecule has 1 aromatic heterocycles. The van der Waals surface area contributed by atoms with Crippen LogP contribution >= 0.6 is 15.9 Å². The molecule has 1 fully saturated rings. The summed E-state index contributed by atoms with van der Waals surface area (Å²) in [6, 6.07) is 1.63. The first-order chi connectivity index (χ1) is 9.83. The number of halogens is 1. The van der Waals surface area contributed by atoms with Crippen molar-refractivity contribution >= 4 is 21.8 Å². The normalized spacial score (nSPS) is 26.9. The summed E-state index contributed by atoms with van der Waals surface area (Å²) in [6.45, 7) is 1.43. The van der Waals surface area contributed by atoms with Crippen LogP contribution < -0.4 is 10.5 Å². The van der Waals surface area contributed by atoms with Crippen molar-refractivity contribution in [1.29, 1.82) is 0 Å². The molecule has 1 saturated carbocycles. The molecule has 7 heteroatoms. The van der Waals surface area contributed by atoms with Crippen molar-refractivity contribution in [1.82, 2.24) is 4.98 Å². The Kier molecular flexibility index (Phi) is 3.27. The van der Waals surface area contributed by atoms with Crippen molar-refractivity contribution in [3.05, 3.63) is 21.9 Å². The smallest absolute Gasteiger partial charge is 0.231 e. The Morgan fingerprint density at radius 2 is 2.33 bits per heavy atom. The second kappa shape index (κ2) is 4.66. The molecule has 2 heterocycles. The number of aromatic nitrogens is 1. The van der Waals surface area contributed by atoms with E-state index in [0.717, 1.165) is 12.8 Å². The molecule has 4 N–H and O–H groups in total. The number of aliphatic hydroxyl groups excluding tert-OH is 1. The van der Waals surface area contributed by atoms with Crippen LogP contribution in [0.15, 0.2) is 10.7 Å². The Labute approximate surface area is 130 Å². The molecule has 3 rings (SSSR count). The number of nitrogens with zero attached hydrogens (tertiary/aromatic N) is 1. The van der Waals surface area contributed by atoms with Gasteiger partial charge in [-0.15, -0.1) is 0 Å². The van der Waals surface area contributed by atoms with Gasteiger partial charge in [0.15, 0.2) is 5.75 Å². The molecule has 21 heavy (non-hydrogen) atoms. The molecule has 2 atom stereocenters. The van der Waals surface area contributed by atoms with Gasteiger partial charge >= 0.3 is 0 Å². The lowest BCUT2D eigenvalue weighted by Gasteiger charge is -2.27. The molecule has 6 nitrogen and oxygen atoms in total. The van der Waals surface area contributed by atoms with E-state index in [-0.39, 0.29) is 12.5 Å². The SMILES string of the molecule is C[C@]1(C(N)=O)COc2c1cc(C(O)(CO)C1CC1)nc2Br. The number of hydrogen-bond donors (Lipinski definition) is 3. The third-order valence-corrected chi connectivity index (χ3v) is 5.05. The van der Waals surface area contributed by atoms with Gasteiger partial charge in [0, 0.05) is 5.56 Å². The molecule has 0 aromatic carbocycles. The summed E-state index contributed by atoms with van der Waals surface area (Å²) in [6.07, 6.45) is 1.69. The van der Waals surface area contributed by atoms with Gasteiger partial charge in [-0.25, -0.2) is 4.98 Å². The largest absolute Gasteiger partial charge is 0.489 e. The molecule has 0 saturated heterocycles. The van der Waals surface area contributed by atoms with E-state index in [4.69, 9.17) is 10.5 Å². The van der Waals surface area contributed by atoms with Crippen LogP contribution in [-0.4, -0.2) is 34.3 Å². The number of ether oxygens (including phenoxy) is 1. The van der Waals surface area contributed by atoms with E-state index >= 15 is 0 Å². The first kappa shape index (κ1) is 14.7. The molecular weight excluding hydrogens is 340 g/mol. The topological polar surface area (TPSA) is 106 Å². The van der Waals surface area contributed by atoms with Gasteiger partial charge in [0.2, 0.25) is 5.91 Å². The number of amides is 1. The van der Waals surface area contributed by atoms with Crippen LogP contribution in [0.2, 0.25) is 0 Å². The number of carbonyl (C=O) groups excluding carboxylic acids is 1. The molecule has 1 aliphatic heterocycles. The molecule has 1 aromatic rings. The number of hydrogen-bond acceptors (Lipinski definition) is 5. The quantitative estimate of drug-likeness (QED) is 0.684. The fourth-order valence-electron chi connectivity index (χ4n) is 2.75. The fourth-order valence-corrected chi connectivity index (χ4v) is 3.27. The highest BCUT2D eigenvalue weighted by molar-refractivity contribution is 9.10. The first-order valence-electron chi connectivity index (χ1n) is 6.80. The number of rotatable bonds is 4. The van der Waals surface area contributed by atoms with Crippen molar-refractivity contribution < 1.29 is 19.7 Å². The molecular formula is C14H17BrN2O4. The van der Waals surface area contributed by atoms with Crippen molar-refractivity contribution in [3.63, 3.8) is 0 Å². The second-order valence-electron chi connectivity index (χ2n) is 6.02. The van der Waals surface area contributed by atoms with Crippen molar-refractivity contribution in [2.45, 2.75) is 30.8 Å². The van der Waals surface area contributed by atoms with Crippen LogP contribution in [-0.2, 0) is 15.8 Å². The molecule has 0 bridgehead atoms. The highest BCUT2D eigenvalue weighted by Crippen LogP contribution is 2.48.